The third-order valence-electron chi connectivity index (χ3n) is 1.83. The highest BCUT2D eigenvalue weighted by molar-refractivity contribution is 9.09. The first kappa shape index (κ1) is 12.2. The van der Waals surface area contributed by atoms with E-state index >= 15 is 0 Å². The Kier molecular flexibility index (Phi) is 3.54. The molecular weight excluding hydrogens is 276 g/mol. The lowest BCUT2D eigenvalue weighted by molar-refractivity contribution is -0.137. The Hall–Kier alpha value is -0.840. The van der Waals surface area contributed by atoms with E-state index in [2.05, 4.69) is 22.5 Å². The van der Waals surface area contributed by atoms with E-state index in [1.807, 2.05) is 0 Å². The van der Waals surface area contributed by atoms with Gasteiger partial charge in [-0.15, -0.1) is 0 Å². The third-order valence-corrected chi connectivity index (χ3v) is 2.51. The summed E-state index contributed by atoms with van der Waals surface area (Å²) in [7, 11) is 0. The topological polar surface area (TPSA) is 0 Å². The molecule has 82 valence electrons. The Morgan fingerprint density at radius 2 is 1.93 bits per heavy atom. The molecule has 1 aromatic carbocycles. The Bertz CT molecular complexity index is 381. The normalized spacial score (nSPS) is 11.5. The van der Waals surface area contributed by atoms with Crippen LogP contribution < -0.4 is 0 Å². The fourth-order valence-electron chi connectivity index (χ4n) is 1.13. The van der Waals surface area contributed by atoms with Gasteiger partial charge in [0, 0.05) is 5.33 Å². The highest BCUT2D eigenvalue weighted by atomic mass is 79.9. The van der Waals surface area contributed by atoms with Gasteiger partial charge in [-0.1, -0.05) is 28.6 Å². The molecule has 1 rings (SSSR count). The van der Waals surface area contributed by atoms with Gasteiger partial charge in [0.2, 0.25) is 0 Å². The zero-order valence-electron chi connectivity index (χ0n) is 7.54. The largest absolute Gasteiger partial charge is 0.417 e. The molecule has 0 radical (unpaired) electrons. The zero-order chi connectivity index (χ0) is 11.6. The smallest absolute Gasteiger partial charge is 0.207 e. The number of allylic oxidation sites excluding steroid dienone is 1. The van der Waals surface area contributed by atoms with E-state index in [0.717, 1.165) is 12.1 Å². The lowest BCUT2D eigenvalue weighted by atomic mass is 10.0. The van der Waals surface area contributed by atoms with Crippen LogP contribution in [0.4, 0.5) is 17.6 Å². The van der Waals surface area contributed by atoms with Crippen LogP contribution in [0.2, 0.25) is 0 Å². The zero-order valence-corrected chi connectivity index (χ0v) is 9.12. The first-order valence-corrected chi connectivity index (χ1v) is 5.09. The van der Waals surface area contributed by atoms with Gasteiger partial charge in [-0.3, -0.25) is 0 Å². The minimum absolute atomic E-state index is 0.0826. The molecule has 0 aromatic heterocycles. The van der Waals surface area contributed by atoms with E-state index in [1.54, 1.807) is 0 Å². The van der Waals surface area contributed by atoms with Crippen molar-refractivity contribution in [3.63, 3.8) is 0 Å². The molecule has 0 bridgehead atoms. The van der Waals surface area contributed by atoms with Crippen LogP contribution in [-0.2, 0) is 6.18 Å². The van der Waals surface area contributed by atoms with Crippen molar-refractivity contribution in [3.8, 4) is 0 Å². The van der Waals surface area contributed by atoms with Gasteiger partial charge in [0.15, 0.2) is 0 Å². The molecule has 0 N–H and O–H groups in total. The second-order valence-corrected chi connectivity index (χ2v) is 3.49. The molecule has 0 nitrogen and oxygen atoms in total. The van der Waals surface area contributed by atoms with E-state index in [-0.39, 0.29) is 16.5 Å². The summed E-state index contributed by atoms with van der Waals surface area (Å²) in [4.78, 5) is 0. The number of alkyl halides is 4. The summed E-state index contributed by atoms with van der Waals surface area (Å²) in [6.07, 6.45) is -4.57. The summed E-state index contributed by atoms with van der Waals surface area (Å²) in [5, 5.41) is 0.210. The SMILES string of the molecule is C=C(CBr)c1ccc(F)cc1C(F)(F)F. The number of hydrogen-bond donors (Lipinski definition) is 0. The summed E-state index contributed by atoms with van der Waals surface area (Å²) >= 11 is 3.01. The van der Waals surface area contributed by atoms with Crippen LogP contribution in [0.25, 0.3) is 5.57 Å². The molecule has 0 heterocycles. The quantitative estimate of drug-likeness (QED) is 0.562. The second-order valence-electron chi connectivity index (χ2n) is 2.92. The van der Waals surface area contributed by atoms with Gasteiger partial charge in [0.25, 0.3) is 0 Å². The van der Waals surface area contributed by atoms with Gasteiger partial charge in [-0.05, 0) is 23.3 Å². The van der Waals surface area contributed by atoms with Crippen molar-refractivity contribution < 1.29 is 17.6 Å². The number of hydrogen-bond acceptors (Lipinski definition) is 0. The molecular formula is C10H7BrF4. The van der Waals surface area contributed by atoms with Crippen molar-refractivity contribution in [1.29, 1.82) is 0 Å². The molecule has 0 spiro atoms. The van der Waals surface area contributed by atoms with Gasteiger partial charge >= 0.3 is 6.18 Å². The molecule has 0 saturated heterocycles. The number of rotatable bonds is 2. The Labute approximate surface area is 92.7 Å². The van der Waals surface area contributed by atoms with E-state index < -0.39 is 17.6 Å². The lowest BCUT2D eigenvalue weighted by Crippen LogP contribution is -2.09. The average Bonchev–Trinajstić information content (AvgIpc) is 2.15. The predicted molar refractivity (Wildman–Crippen MR) is 54.2 cm³/mol. The maximum absolute atomic E-state index is 12.7. The van der Waals surface area contributed by atoms with Crippen LogP contribution in [0, 0.1) is 5.82 Å². The molecule has 5 heteroatoms. The molecule has 0 aliphatic heterocycles. The van der Waals surface area contributed by atoms with Crippen molar-refractivity contribution in [1.82, 2.24) is 0 Å². The van der Waals surface area contributed by atoms with Gasteiger partial charge < -0.3 is 0 Å². The van der Waals surface area contributed by atoms with Crippen molar-refractivity contribution >= 4 is 21.5 Å². The van der Waals surface area contributed by atoms with Crippen LogP contribution in [0.15, 0.2) is 24.8 Å². The standard InChI is InChI=1S/C10H7BrF4/c1-6(5-11)8-3-2-7(12)4-9(8)10(13,14)15/h2-4H,1,5H2. The maximum atomic E-state index is 12.7. The maximum Gasteiger partial charge on any atom is 0.417 e. The monoisotopic (exact) mass is 282 g/mol. The average molecular weight is 283 g/mol. The number of halogens is 5. The highest BCUT2D eigenvalue weighted by Crippen LogP contribution is 2.35. The minimum atomic E-state index is -4.57. The van der Waals surface area contributed by atoms with E-state index in [9.17, 15) is 17.6 Å². The van der Waals surface area contributed by atoms with Crippen LogP contribution in [-0.4, -0.2) is 5.33 Å². The van der Waals surface area contributed by atoms with E-state index in [1.165, 1.54) is 0 Å². The molecule has 1 aromatic rings. The second kappa shape index (κ2) is 4.35. The summed E-state index contributed by atoms with van der Waals surface area (Å²) in [5.74, 6) is -0.909. The molecule has 0 aliphatic carbocycles. The van der Waals surface area contributed by atoms with Crippen molar-refractivity contribution in [3.05, 3.63) is 41.7 Å². The van der Waals surface area contributed by atoms with E-state index in [4.69, 9.17) is 0 Å². The van der Waals surface area contributed by atoms with E-state index in [0.29, 0.717) is 6.07 Å². The molecule has 0 saturated carbocycles. The van der Waals surface area contributed by atoms with Gasteiger partial charge in [0.1, 0.15) is 5.82 Å². The Balaban J connectivity index is 3.33. The number of benzene rings is 1. The minimum Gasteiger partial charge on any atom is -0.207 e. The van der Waals surface area contributed by atoms with Crippen molar-refractivity contribution in [2.24, 2.45) is 0 Å². The molecule has 0 amide bonds. The molecule has 0 fully saturated rings. The Morgan fingerprint density at radius 1 is 1.33 bits per heavy atom. The summed E-state index contributed by atoms with van der Waals surface area (Å²) in [5.41, 5.74) is -0.810. The van der Waals surface area contributed by atoms with Crippen molar-refractivity contribution in [2.45, 2.75) is 6.18 Å². The molecule has 0 atom stereocenters. The first-order valence-electron chi connectivity index (χ1n) is 3.97. The predicted octanol–water partition coefficient (Wildman–Crippen LogP) is 4.25. The third kappa shape index (κ3) is 2.81. The van der Waals surface area contributed by atoms with Crippen LogP contribution in [0.1, 0.15) is 11.1 Å². The summed E-state index contributed by atoms with van der Waals surface area (Å²) < 4.78 is 50.2. The lowest BCUT2D eigenvalue weighted by Gasteiger charge is -2.13. The van der Waals surface area contributed by atoms with Crippen LogP contribution >= 0.6 is 15.9 Å². The van der Waals surface area contributed by atoms with Gasteiger partial charge in [-0.25, -0.2) is 4.39 Å². The van der Waals surface area contributed by atoms with Crippen LogP contribution in [0.3, 0.4) is 0 Å². The van der Waals surface area contributed by atoms with Crippen LogP contribution in [0.5, 0.6) is 0 Å². The molecule has 0 aliphatic rings. The highest BCUT2D eigenvalue weighted by Gasteiger charge is 2.34. The molecule has 0 unspecified atom stereocenters. The van der Waals surface area contributed by atoms with Gasteiger partial charge in [0.05, 0.1) is 5.56 Å². The first-order chi connectivity index (χ1) is 6.86. The summed E-state index contributed by atoms with van der Waals surface area (Å²) in [6.45, 7) is 3.48. The molecule has 15 heavy (non-hydrogen) atoms. The fourth-order valence-corrected chi connectivity index (χ4v) is 1.43. The summed E-state index contributed by atoms with van der Waals surface area (Å²) in [6, 6.07) is 2.54. The fraction of sp³-hybridized carbons (Fsp3) is 0.200. The van der Waals surface area contributed by atoms with Gasteiger partial charge in [-0.2, -0.15) is 13.2 Å². The van der Waals surface area contributed by atoms with Crippen molar-refractivity contribution in [2.75, 3.05) is 5.33 Å². The Morgan fingerprint density at radius 3 is 2.40 bits per heavy atom.